The van der Waals surface area contributed by atoms with Crippen LogP contribution in [0, 0.1) is 0 Å². The van der Waals surface area contributed by atoms with E-state index in [1.807, 2.05) is 6.20 Å². The smallest absolute Gasteiger partial charge is 0.108 e. The van der Waals surface area contributed by atoms with Crippen molar-refractivity contribution in [2.45, 2.75) is 13.2 Å². The van der Waals surface area contributed by atoms with Gasteiger partial charge in [-0.1, -0.05) is 5.21 Å². The molecule has 0 spiro atoms. The minimum Gasteiger partial charge on any atom is -0.378 e. The van der Waals surface area contributed by atoms with E-state index in [1.165, 1.54) is 0 Å². The molecule has 0 bridgehead atoms. The molecule has 39 heavy (non-hydrogen) atoms. The van der Waals surface area contributed by atoms with Gasteiger partial charge in [-0.15, -0.1) is 5.10 Å². The fourth-order valence-corrected chi connectivity index (χ4v) is 3.48. The molecule has 14 heteroatoms. The normalized spacial score (nSPS) is 14.4. The number of ether oxygens (including phenoxy) is 8. The van der Waals surface area contributed by atoms with E-state index in [-0.39, 0.29) is 0 Å². The van der Waals surface area contributed by atoms with Crippen molar-refractivity contribution < 1.29 is 37.9 Å². The molecule has 14 nitrogen and oxygen atoms in total. The Morgan fingerprint density at radius 3 is 1.59 bits per heavy atom. The topological polar surface area (TPSA) is 146 Å². The summed E-state index contributed by atoms with van der Waals surface area (Å²) in [6, 6.07) is 0. The summed E-state index contributed by atoms with van der Waals surface area (Å²) in [7, 11) is 0. The van der Waals surface area contributed by atoms with Crippen molar-refractivity contribution in [3.8, 4) is 0 Å². The summed E-state index contributed by atoms with van der Waals surface area (Å²) in [5.41, 5.74) is 6.16. The van der Waals surface area contributed by atoms with Crippen molar-refractivity contribution in [2.75, 3.05) is 138 Å². The number of aromatic nitrogens is 3. The summed E-state index contributed by atoms with van der Waals surface area (Å²) in [5, 5.41) is 11.6. The Morgan fingerprint density at radius 1 is 0.615 bits per heavy atom. The molecule has 0 unspecified atom stereocenters. The van der Waals surface area contributed by atoms with E-state index < -0.39 is 0 Å². The summed E-state index contributed by atoms with van der Waals surface area (Å²) in [6.45, 7) is 15.0. The molecule has 1 aromatic rings. The Morgan fingerprint density at radius 2 is 1.08 bits per heavy atom. The van der Waals surface area contributed by atoms with Crippen molar-refractivity contribution >= 4 is 0 Å². The van der Waals surface area contributed by atoms with Gasteiger partial charge in [0.2, 0.25) is 0 Å². The van der Waals surface area contributed by atoms with E-state index >= 15 is 0 Å². The Bertz CT molecular complexity index is 654. The molecule has 2 heterocycles. The molecule has 0 saturated carbocycles. The van der Waals surface area contributed by atoms with Gasteiger partial charge in [-0.05, 0) is 0 Å². The van der Waals surface area contributed by atoms with Crippen LogP contribution in [0.4, 0.5) is 0 Å². The van der Waals surface area contributed by atoms with Crippen LogP contribution in [0.2, 0.25) is 0 Å². The predicted molar refractivity (Wildman–Crippen MR) is 144 cm³/mol. The lowest BCUT2D eigenvalue weighted by molar-refractivity contribution is -0.0205. The molecule has 3 N–H and O–H groups in total. The van der Waals surface area contributed by atoms with E-state index in [0.29, 0.717) is 119 Å². The second kappa shape index (κ2) is 25.7. The predicted octanol–water partition coefficient (Wildman–Crippen LogP) is -1.23. The fraction of sp³-hybridized carbons (Fsp3) is 0.920. The highest BCUT2D eigenvalue weighted by atomic mass is 16.6. The minimum atomic E-state index is 0.479. The number of nitrogens with one attached hydrogen (secondary N) is 1. The second-order valence-electron chi connectivity index (χ2n) is 8.69. The van der Waals surface area contributed by atoms with Crippen LogP contribution in [0.1, 0.15) is 5.69 Å². The van der Waals surface area contributed by atoms with Gasteiger partial charge in [0, 0.05) is 39.3 Å². The van der Waals surface area contributed by atoms with E-state index in [2.05, 4.69) is 20.5 Å². The van der Waals surface area contributed by atoms with Crippen LogP contribution in [0.5, 0.6) is 0 Å². The maximum atomic E-state index is 5.73. The molecule has 2 rings (SSSR count). The van der Waals surface area contributed by atoms with Crippen LogP contribution < -0.4 is 11.1 Å². The van der Waals surface area contributed by atoms with Crippen LogP contribution in [0.25, 0.3) is 0 Å². The van der Waals surface area contributed by atoms with Crippen LogP contribution >= 0.6 is 0 Å². The summed E-state index contributed by atoms with van der Waals surface area (Å²) in [4.78, 5) is 2.40. The first kappa shape index (κ1) is 33.9. The van der Waals surface area contributed by atoms with E-state index in [0.717, 1.165) is 38.4 Å². The molecule has 0 atom stereocenters. The third-order valence-electron chi connectivity index (χ3n) is 5.56. The molecule has 1 aromatic heterocycles. The van der Waals surface area contributed by atoms with Crippen molar-refractivity contribution in [1.29, 1.82) is 0 Å². The number of hydrogen-bond donors (Lipinski definition) is 2. The highest BCUT2D eigenvalue weighted by molar-refractivity contribution is 4.89. The monoisotopic (exact) mass is 562 g/mol. The fourth-order valence-electron chi connectivity index (χ4n) is 3.48. The minimum absolute atomic E-state index is 0.479. The molecule has 228 valence electrons. The maximum Gasteiger partial charge on any atom is 0.108 e. The summed E-state index contributed by atoms with van der Waals surface area (Å²) in [6.07, 6.45) is 1.90. The molecular formula is C25H50N6O8. The SMILES string of the molecule is NCCOCCOCCOCCOCCOCCOCCOCCn1cc(COCCN2CCNCC2)nn1. The van der Waals surface area contributed by atoms with Crippen LogP contribution in [0.3, 0.4) is 0 Å². The Hall–Kier alpha value is -1.30. The summed E-state index contributed by atoms with van der Waals surface area (Å²) >= 11 is 0. The van der Waals surface area contributed by atoms with Gasteiger partial charge in [0.15, 0.2) is 0 Å². The molecule has 0 aromatic carbocycles. The first-order valence-electron chi connectivity index (χ1n) is 14.0. The number of hydrogen-bond acceptors (Lipinski definition) is 13. The van der Waals surface area contributed by atoms with Gasteiger partial charge in [0.25, 0.3) is 0 Å². The average Bonchev–Trinajstić information content (AvgIpc) is 3.42. The lowest BCUT2D eigenvalue weighted by Crippen LogP contribution is -2.44. The molecular weight excluding hydrogens is 512 g/mol. The van der Waals surface area contributed by atoms with Crippen LogP contribution in [-0.4, -0.2) is 158 Å². The maximum absolute atomic E-state index is 5.73. The van der Waals surface area contributed by atoms with E-state index in [9.17, 15) is 0 Å². The van der Waals surface area contributed by atoms with Gasteiger partial charge in [-0.3, -0.25) is 4.90 Å². The standard InChI is InChI=1S/C25H50N6O8/c26-1-8-32-11-13-34-15-17-36-19-21-38-22-20-37-18-16-35-14-12-33-10-7-31-23-25(28-29-31)24-39-9-6-30-4-2-27-3-5-30/h23,27H,1-22,24,26H2. The molecule has 0 aliphatic carbocycles. The molecule has 1 aliphatic rings. The van der Waals surface area contributed by atoms with Crippen molar-refractivity contribution in [3.63, 3.8) is 0 Å². The Labute approximate surface area is 232 Å². The van der Waals surface area contributed by atoms with Gasteiger partial charge in [-0.2, -0.15) is 0 Å². The largest absolute Gasteiger partial charge is 0.378 e. The molecule has 1 aliphatic heterocycles. The van der Waals surface area contributed by atoms with Gasteiger partial charge in [-0.25, -0.2) is 4.68 Å². The quantitative estimate of drug-likeness (QED) is 0.118. The zero-order valence-corrected chi connectivity index (χ0v) is 23.5. The lowest BCUT2D eigenvalue weighted by atomic mass is 10.4. The van der Waals surface area contributed by atoms with Gasteiger partial charge >= 0.3 is 0 Å². The zero-order chi connectivity index (χ0) is 27.5. The third kappa shape index (κ3) is 20.3. The number of piperazine rings is 1. The van der Waals surface area contributed by atoms with Crippen molar-refractivity contribution in [1.82, 2.24) is 25.2 Å². The number of rotatable bonds is 28. The second-order valence-corrected chi connectivity index (χ2v) is 8.69. The molecule has 1 fully saturated rings. The van der Waals surface area contributed by atoms with E-state index in [1.54, 1.807) is 4.68 Å². The van der Waals surface area contributed by atoms with Gasteiger partial charge < -0.3 is 48.9 Å². The third-order valence-corrected chi connectivity index (χ3v) is 5.56. The number of nitrogens with two attached hydrogens (primary N) is 1. The average molecular weight is 563 g/mol. The van der Waals surface area contributed by atoms with Crippen LogP contribution in [-0.2, 0) is 51.0 Å². The molecule has 0 radical (unpaired) electrons. The molecule has 1 saturated heterocycles. The van der Waals surface area contributed by atoms with Crippen molar-refractivity contribution in [2.24, 2.45) is 5.73 Å². The van der Waals surface area contributed by atoms with Crippen molar-refractivity contribution in [3.05, 3.63) is 11.9 Å². The number of nitrogens with zero attached hydrogens (tertiary/aromatic N) is 4. The first-order valence-corrected chi connectivity index (χ1v) is 14.0. The van der Waals surface area contributed by atoms with Gasteiger partial charge in [0.05, 0.1) is 118 Å². The van der Waals surface area contributed by atoms with Crippen LogP contribution in [0.15, 0.2) is 6.20 Å². The van der Waals surface area contributed by atoms with Gasteiger partial charge in [0.1, 0.15) is 5.69 Å². The zero-order valence-electron chi connectivity index (χ0n) is 23.5. The molecule has 0 amide bonds. The summed E-state index contributed by atoms with van der Waals surface area (Å²) in [5.74, 6) is 0. The Balaban J connectivity index is 1.24. The lowest BCUT2D eigenvalue weighted by Gasteiger charge is -2.26. The summed E-state index contributed by atoms with van der Waals surface area (Å²) < 4.78 is 45.6. The van der Waals surface area contributed by atoms with E-state index in [4.69, 9.17) is 43.6 Å². The Kier molecular flexibility index (Phi) is 22.3. The highest BCUT2D eigenvalue weighted by Gasteiger charge is 2.09. The first-order chi connectivity index (χ1) is 19.4. The highest BCUT2D eigenvalue weighted by Crippen LogP contribution is 1.98.